The zero-order valence-corrected chi connectivity index (χ0v) is 14.5. The maximum atomic E-state index is 12.1. The Morgan fingerprint density at radius 2 is 2.09 bits per heavy atom. The van der Waals surface area contributed by atoms with Gasteiger partial charge in [0.05, 0.1) is 26.4 Å². The third-order valence-electron chi connectivity index (χ3n) is 3.80. The topological polar surface area (TPSA) is 79.8 Å². The maximum absolute atomic E-state index is 12.1. The molecule has 3 unspecified atom stereocenters. The largest absolute Gasteiger partial charge is 0.493 e. The Kier molecular flexibility index (Phi) is 7.61. The number of rotatable bonds is 6. The summed E-state index contributed by atoms with van der Waals surface area (Å²) >= 11 is 0. The van der Waals surface area contributed by atoms with Crippen LogP contribution in [-0.4, -0.2) is 50.0 Å². The fourth-order valence-corrected chi connectivity index (χ4v) is 2.67. The summed E-state index contributed by atoms with van der Waals surface area (Å²) in [6.07, 6.45) is 0.730. The summed E-state index contributed by atoms with van der Waals surface area (Å²) in [6.45, 7) is 2.43. The van der Waals surface area contributed by atoms with E-state index in [-0.39, 0.29) is 30.4 Å². The summed E-state index contributed by atoms with van der Waals surface area (Å²) in [5.41, 5.74) is 1.06. The minimum atomic E-state index is -0.433. The Hall–Kier alpha value is -1.50. The first-order valence-corrected chi connectivity index (χ1v) is 7.46. The molecule has 1 heterocycles. The summed E-state index contributed by atoms with van der Waals surface area (Å²) in [6, 6.07) is 5.42. The van der Waals surface area contributed by atoms with Crippen molar-refractivity contribution in [3.8, 4) is 11.5 Å². The molecule has 7 heteroatoms. The van der Waals surface area contributed by atoms with E-state index < -0.39 is 6.10 Å². The second-order valence-corrected chi connectivity index (χ2v) is 5.65. The van der Waals surface area contributed by atoms with Gasteiger partial charge in [0.1, 0.15) is 0 Å². The molecule has 23 heavy (non-hydrogen) atoms. The van der Waals surface area contributed by atoms with Crippen LogP contribution >= 0.6 is 12.4 Å². The molecular weight excluding hydrogens is 320 g/mol. The van der Waals surface area contributed by atoms with E-state index in [0.29, 0.717) is 30.9 Å². The number of amides is 1. The number of carbonyl (C=O) groups is 1. The number of methoxy groups -OCH3 is 2. The first kappa shape index (κ1) is 19.5. The molecule has 0 spiro atoms. The van der Waals surface area contributed by atoms with Gasteiger partial charge < -0.3 is 25.2 Å². The highest BCUT2D eigenvalue weighted by molar-refractivity contribution is 5.85. The van der Waals surface area contributed by atoms with Crippen LogP contribution in [0.25, 0.3) is 0 Å². The Morgan fingerprint density at radius 1 is 1.39 bits per heavy atom. The van der Waals surface area contributed by atoms with Crippen molar-refractivity contribution < 1.29 is 19.4 Å². The molecule has 2 rings (SSSR count). The van der Waals surface area contributed by atoms with Crippen molar-refractivity contribution in [2.75, 3.05) is 20.8 Å². The number of nitrogens with one attached hydrogen (secondary N) is 2. The molecular formula is C16H25ClN2O4. The quantitative estimate of drug-likeness (QED) is 0.714. The van der Waals surface area contributed by atoms with Crippen LogP contribution in [0.2, 0.25) is 0 Å². The van der Waals surface area contributed by atoms with E-state index in [1.807, 2.05) is 25.1 Å². The molecule has 3 atom stereocenters. The van der Waals surface area contributed by atoms with Gasteiger partial charge in [0.2, 0.25) is 5.91 Å². The van der Waals surface area contributed by atoms with Crippen molar-refractivity contribution in [2.24, 2.45) is 0 Å². The monoisotopic (exact) mass is 344 g/mol. The highest BCUT2D eigenvalue weighted by Crippen LogP contribution is 2.27. The van der Waals surface area contributed by atoms with Crippen molar-refractivity contribution in [1.29, 1.82) is 0 Å². The molecule has 0 aromatic heterocycles. The third kappa shape index (κ3) is 5.27. The average Bonchev–Trinajstić information content (AvgIpc) is 2.93. The molecule has 1 aliphatic heterocycles. The molecule has 1 aromatic rings. The Labute approximate surface area is 143 Å². The molecule has 0 saturated carbocycles. The molecule has 130 valence electrons. The van der Waals surface area contributed by atoms with E-state index in [0.717, 1.165) is 5.56 Å². The summed E-state index contributed by atoms with van der Waals surface area (Å²) in [5.74, 6) is 1.30. The fraction of sp³-hybridized carbons (Fsp3) is 0.562. The van der Waals surface area contributed by atoms with Gasteiger partial charge >= 0.3 is 0 Å². The maximum Gasteiger partial charge on any atom is 0.237 e. The van der Waals surface area contributed by atoms with E-state index in [1.165, 1.54) is 0 Å². The van der Waals surface area contributed by atoms with Crippen LogP contribution in [0.5, 0.6) is 11.5 Å². The predicted octanol–water partition coefficient (Wildman–Crippen LogP) is 0.896. The predicted molar refractivity (Wildman–Crippen MR) is 90.5 cm³/mol. The van der Waals surface area contributed by atoms with Gasteiger partial charge in [-0.1, -0.05) is 6.07 Å². The number of aliphatic hydroxyl groups excluding tert-OH is 1. The van der Waals surface area contributed by atoms with E-state index in [2.05, 4.69) is 10.6 Å². The molecule has 0 aliphatic carbocycles. The van der Waals surface area contributed by atoms with E-state index >= 15 is 0 Å². The first-order valence-electron chi connectivity index (χ1n) is 7.46. The SMILES string of the molecule is COc1ccc(CC(C)NC(=O)C2CC(O)CN2)cc1OC.Cl. The number of benzene rings is 1. The average molecular weight is 345 g/mol. The standard InChI is InChI=1S/C16H24N2O4.ClH/c1-10(18-16(20)13-8-12(19)9-17-13)6-11-4-5-14(21-2)15(7-11)22-3;/h4-5,7,10,12-13,17,19H,6,8-9H2,1-3H3,(H,18,20);1H. The summed E-state index contributed by atoms with van der Waals surface area (Å²) in [7, 11) is 3.20. The number of β-amino-alcohol motifs (C(OH)–C–C–N with tert-alkyl or cyclic N) is 1. The molecule has 3 N–H and O–H groups in total. The molecule has 6 nitrogen and oxygen atoms in total. The van der Waals surface area contributed by atoms with Crippen molar-refractivity contribution in [1.82, 2.24) is 10.6 Å². The van der Waals surface area contributed by atoms with E-state index in [9.17, 15) is 9.90 Å². The van der Waals surface area contributed by atoms with Crippen molar-refractivity contribution in [3.63, 3.8) is 0 Å². The number of aliphatic hydroxyl groups is 1. The number of ether oxygens (including phenoxy) is 2. The lowest BCUT2D eigenvalue weighted by Gasteiger charge is -2.18. The molecule has 0 radical (unpaired) electrons. The lowest BCUT2D eigenvalue weighted by molar-refractivity contribution is -0.123. The van der Waals surface area contributed by atoms with Crippen LogP contribution in [0, 0.1) is 0 Å². The van der Waals surface area contributed by atoms with Gasteiger partial charge in [-0.25, -0.2) is 0 Å². The van der Waals surface area contributed by atoms with E-state index in [1.54, 1.807) is 14.2 Å². The molecule has 1 amide bonds. The van der Waals surface area contributed by atoms with Gasteiger partial charge in [-0.15, -0.1) is 12.4 Å². The van der Waals surface area contributed by atoms with Crippen LogP contribution in [0.15, 0.2) is 18.2 Å². The number of hydrogen-bond donors (Lipinski definition) is 3. The second-order valence-electron chi connectivity index (χ2n) is 5.65. The summed E-state index contributed by atoms with van der Waals surface area (Å²) < 4.78 is 10.5. The normalized spacial score (nSPS) is 21.2. The van der Waals surface area contributed by atoms with Gasteiger partial charge in [0, 0.05) is 12.6 Å². The third-order valence-corrected chi connectivity index (χ3v) is 3.80. The van der Waals surface area contributed by atoms with Crippen molar-refractivity contribution in [2.45, 2.75) is 38.0 Å². The summed E-state index contributed by atoms with van der Waals surface area (Å²) in [4.78, 5) is 12.1. The number of carbonyl (C=O) groups excluding carboxylic acids is 1. The van der Waals surface area contributed by atoms with Gasteiger partial charge in [0.15, 0.2) is 11.5 Å². The van der Waals surface area contributed by atoms with Gasteiger partial charge in [0.25, 0.3) is 0 Å². The zero-order chi connectivity index (χ0) is 16.1. The van der Waals surface area contributed by atoms with Crippen LogP contribution in [0.1, 0.15) is 18.9 Å². The lowest BCUT2D eigenvalue weighted by Crippen LogP contribution is -2.44. The van der Waals surface area contributed by atoms with Crippen LogP contribution < -0.4 is 20.1 Å². The highest BCUT2D eigenvalue weighted by Gasteiger charge is 2.28. The Balaban J connectivity index is 0.00000264. The minimum Gasteiger partial charge on any atom is -0.493 e. The van der Waals surface area contributed by atoms with E-state index in [4.69, 9.17) is 9.47 Å². The van der Waals surface area contributed by atoms with Gasteiger partial charge in [-0.2, -0.15) is 0 Å². The van der Waals surface area contributed by atoms with Crippen LogP contribution in [0.4, 0.5) is 0 Å². The van der Waals surface area contributed by atoms with Gasteiger partial charge in [-0.05, 0) is 37.5 Å². The first-order chi connectivity index (χ1) is 10.5. The molecule has 1 aliphatic rings. The minimum absolute atomic E-state index is 0. The smallest absolute Gasteiger partial charge is 0.237 e. The highest BCUT2D eigenvalue weighted by atomic mass is 35.5. The Bertz CT molecular complexity index is 527. The molecule has 0 bridgehead atoms. The van der Waals surface area contributed by atoms with Crippen LogP contribution in [0.3, 0.4) is 0 Å². The molecule has 1 aromatic carbocycles. The summed E-state index contributed by atoms with van der Waals surface area (Å²) in [5, 5.41) is 15.4. The van der Waals surface area contributed by atoms with Gasteiger partial charge in [-0.3, -0.25) is 4.79 Å². The zero-order valence-electron chi connectivity index (χ0n) is 13.7. The number of halogens is 1. The molecule has 1 saturated heterocycles. The second kappa shape index (κ2) is 8.96. The van der Waals surface area contributed by atoms with Crippen LogP contribution in [-0.2, 0) is 11.2 Å². The van der Waals surface area contributed by atoms with Crippen molar-refractivity contribution >= 4 is 18.3 Å². The fourth-order valence-electron chi connectivity index (χ4n) is 2.67. The Morgan fingerprint density at radius 3 is 2.65 bits per heavy atom. The number of hydrogen-bond acceptors (Lipinski definition) is 5. The van der Waals surface area contributed by atoms with Crippen molar-refractivity contribution in [3.05, 3.63) is 23.8 Å². The molecule has 1 fully saturated rings. The lowest BCUT2D eigenvalue weighted by atomic mass is 10.1.